The highest BCUT2D eigenvalue weighted by molar-refractivity contribution is 5.96. The summed E-state index contributed by atoms with van der Waals surface area (Å²) in [4.78, 5) is 11.8. The lowest BCUT2D eigenvalue weighted by atomic mass is 10.0. The van der Waals surface area contributed by atoms with Crippen molar-refractivity contribution >= 4 is 11.7 Å². The lowest BCUT2D eigenvalue weighted by molar-refractivity contribution is -0.138. The Kier molecular flexibility index (Phi) is 3.84. The zero-order valence-electron chi connectivity index (χ0n) is 11.2. The minimum Gasteiger partial charge on any atom is -0.456 e. The van der Waals surface area contributed by atoms with Gasteiger partial charge in [0.15, 0.2) is 0 Å². The van der Waals surface area contributed by atoms with E-state index in [2.05, 4.69) is 0 Å². The minimum atomic E-state index is -4.50. The van der Waals surface area contributed by atoms with Crippen LogP contribution in [0, 0.1) is 6.92 Å². The number of hydrogen-bond donors (Lipinski definition) is 1. The summed E-state index contributed by atoms with van der Waals surface area (Å²) in [6.07, 6.45) is -4.50. The fraction of sp³-hybridized carbons (Fsp3) is 0.462. The molecule has 0 bridgehead atoms. The van der Waals surface area contributed by atoms with Gasteiger partial charge in [-0.1, -0.05) is 0 Å². The maximum absolute atomic E-state index is 12.7. The molecule has 106 valence electrons. The molecule has 0 aliphatic carbocycles. The van der Waals surface area contributed by atoms with Crippen LogP contribution >= 0.6 is 0 Å². The van der Waals surface area contributed by atoms with E-state index in [1.165, 1.54) is 6.92 Å². The molecule has 0 heterocycles. The first-order valence-corrected chi connectivity index (χ1v) is 5.63. The van der Waals surface area contributed by atoms with Crippen LogP contribution in [-0.2, 0) is 10.9 Å². The summed E-state index contributed by atoms with van der Waals surface area (Å²) < 4.78 is 43.1. The van der Waals surface area contributed by atoms with Gasteiger partial charge in [0, 0.05) is 5.69 Å². The summed E-state index contributed by atoms with van der Waals surface area (Å²) in [6, 6.07) is 1.88. The Hall–Kier alpha value is -1.72. The molecule has 0 amide bonds. The summed E-state index contributed by atoms with van der Waals surface area (Å²) in [5.74, 6) is -0.734. The van der Waals surface area contributed by atoms with Gasteiger partial charge in [0.2, 0.25) is 0 Å². The van der Waals surface area contributed by atoms with E-state index in [0.29, 0.717) is 0 Å². The Labute approximate surface area is 109 Å². The molecule has 2 N–H and O–H groups in total. The number of anilines is 1. The lowest BCUT2D eigenvalue weighted by Gasteiger charge is -2.21. The van der Waals surface area contributed by atoms with E-state index >= 15 is 0 Å². The maximum Gasteiger partial charge on any atom is 0.416 e. The molecular weight excluding hydrogens is 259 g/mol. The Morgan fingerprint density at radius 2 is 1.74 bits per heavy atom. The molecule has 1 rings (SSSR count). The molecule has 0 fully saturated rings. The number of ether oxygens (including phenoxy) is 1. The predicted octanol–water partition coefficient (Wildman–Crippen LogP) is 3.55. The van der Waals surface area contributed by atoms with Crippen LogP contribution in [0.3, 0.4) is 0 Å². The molecule has 0 saturated carbocycles. The third-order valence-electron chi connectivity index (χ3n) is 2.44. The number of rotatable bonds is 1. The molecule has 0 aliphatic heterocycles. The second-order valence-corrected chi connectivity index (χ2v) is 5.20. The normalized spacial score (nSPS) is 12.4. The molecule has 0 spiro atoms. The summed E-state index contributed by atoms with van der Waals surface area (Å²) in [5, 5.41) is 0. The van der Waals surface area contributed by atoms with Crippen molar-refractivity contribution in [2.24, 2.45) is 0 Å². The Morgan fingerprint density at radius 1 is 1.21 bits per heavy atom. The SMILES string of the molecule is Cc1c(C(F)(F)F)ccc(C(=O)OC(C)(C)C)c1N. The van der Waals surface area contributed by atoms with Crippen molar-refractivity contribution in [3.63, 3.8) is 0 Å². The standard InChI is InChI=1S/C13H16F3NO2/c1-7-9(13(14,15)16)6-5-8(10(7)17)11(18)19-12(2,3)4/h5-6H,17H2,1-4H3. The van der Waals surface area contributed by atoms with Gasteiger partial charge >= 0.3 is 12.1 Å². The average Bonchev–Trinajstić information content (AvgIpc) is 2.17. The molecule has 0 radical (unpaired) electrons. The van der Waals surface area contributed by atoms with E-state index in [0.717, 1.165) is 12.1 Å². The molecular formula is C13H16F3NO2. The minimum absolute atomic E-state index is 0.0552. The summed E-state index contributed by atoms with van der Waals surface area (Å²) in [7, 11) is 0. The number of hydrogen-bond acceptors (Lipinski definition) is 3. The van der Waals surface area contributed by atoms with E-state index in [1.54, 1.807) is 20.8 Å². The van der Waals surface area contributed by atoms with Crippen LogP contribution in [0.25, 0.3) is 0 Å². The Morgan fingerprint density at radius 3 is 2.16 bits per heavy atom. The van der Waals surface area contributed by atoms with Crippen LogP contribution in [-0.4, -0.2) is 11.6 Å². The highest BCUT2D eigenvalue weighted by atomic mass is 19.4. The van der Waals surface area contributed by atoms with Gasteiger partial charge < -0.3 is 10.5 Å². The highest BCUT2D eigenvalue weighted by Gasteiger charge is 2.34. The smallest absolute Gasteiger partial charge is 0.416 e. The number of alkyl halides is 3. The van der Waals surface area contributed by atoms with Crippen molar-refractivity contribution in [1.29, 1.82) is 0 Å². The molecule has 19 heavy (non-hydrogen) atoms. The van der Waals surface area contributed by atoms with Crippen molar-refractivity contribution < 1.29 is 22.7 Å². The summed E-state index contributed by atoms with van der Waals surface area (Å²) in [6.45, 7) is 6.22. The van der Waals surface area contributed by atoms with Gasteiger partial charge in [0.05, 0.1) is 11.1 Å². The van der Waals surface area contributed by atoms with Crippen molar-refractivity contribution in [3.05, 3.63) is 28.8 Å². The largest absolute Gasteiger partial charge is 0.456 e. The molecule has 0 unspecified atom stereocenters. The van der Waals surface area contributed by atoms with Crippen LogP contribution in [0.4, 0.5) is 18.9 Å². The van der Waals surface area contributed by atoms with Crippen LogP contribution < -0.4 is 5.73 Å². The second kappa shape index (κ2) is 4.75. The Balaban J connectivity index is 3.21. The molecule has 1 aromatic rings. The van der Waals surface area contributed by atoms with Crippen molar-refractivity contribution in [1.82, 2.24) is 0 Å². The molecule has 0 aliphatic rings. The first kappa shape index (κ1) is 15.3. The van der Waals surface area contributed by atoms with Gasteiger partial charge in [-0.25, -0.2) is 4.79 Å². The zero-order chi connectivity index (χ0) is 15.0. The number of benzene rings is 1. The second-order valence-electron chi connectivity index (χ2n) is 5.20. The van der Waals surface area contributed by atoms with Crippen LogP contribution in [0.15, 0.2) is 12.1 Å². The monoisotopic (exact) mass is 275 g/mol. The molecule has 0 aromatic heterocycles. The van der Waals surface area contributed by atoms with E-state index in [4.69, 9.17) is 10.5 Å². The van der Waals surface area contributed by atoms with Crippen molar-refractivity contribution in [2.75, 3.05) is 5.73 Å². The number of nitrogen functional groups attached to an aromatic ring is 1. The number of halogens is 3. The molecule has 3 nitrogen and oxygen atoms in total. The van der Waals surface area contributed by atoms with Crippen LogP contribution in [0.2, 0.25) is 0 Å². The molecule has 6 heteroatoms. The first-order valence-electron chi connectivity index (χ1n) is 5.63. The van der Waals surface area contributed by atoms with Crippen LogP contribution in [0.1, 0.15) is 42.3 Å². The fourth-order valence-electron chi connectivity index (χ4n) is 1.55. The number of esters is 1. The average molecular weight is 275 g/mol. The third kappa shape index (κ3) is 3.62. The topological polar surface area (TPSA) is 52.3 Å². The molecule has 0 atom stereocenters. The van der Waals surface area contributed by atoms with Gasteiger partial charge in [-0.2, -0.15) is 13.2 Å². The van der Waals surface area contributed by atoms with Gasteiger partial charge in [-0.15, -0.1) is 0 Å². The molecule has 1 aromatic carbocycles. The molecule has 0 saturated heterocycles. The van der Waals surface area contributed by atoms with Gasteiger partial charge in [-0.05, 0) is 45.4 Å². The fourth-order valence-corrected chi connectivity index (χ4v) is 1.55. The number of carbonyl (C=O) groups excluding carboxylic acids is 1. The quantitative estimate of drug-likeness (QED) is 0.630. The van der Waals surface area contributed by atoms with E-state index in [-0.39, 0.29) is 16.8 Å². The van der Waals surface area contributed by atoms with Crippen molar-refractivity contribution in [3.8, 4) is 0 Å². The number of carbonyl (C=O) groups is 1. The summed E-state index contributed by atoms with van der Waals surface area (Å²) in [5.41, 5.74) is 3.58. The van der Waals surface area contributed by atoms with E-state index in [9.17, 15) is 18.0 Å². The lowest BCUT2D eigenvalue weighted by Crippen LogP contribution is -2.25. The maximum atomic E-state index is 12.7. The first-order chi connectivity index (χ1) is 8.43. The van der Waals surface area contributed by atoms with E-state index in [1.807, 2.05) is 0 Å². The third-order valence-corrected chi connectivity index (χ3v) is 2.44. The van der Waals surface area contributed by atoms with E-state index < -0.39 is 23.3 Å². The van der Waals surface area contributed by atoms with Gasteiger partial charge in [0.1, 0.15) is 5.60 Å². The van der Waals surface area contributed by atoms with Gasteiger partial charge in [-0.3, -0.25) is 0 Å². The van der Waals surface area contributed by atoms with Crippen molar-refractivity contribution in [2.45, 2.75) is 39.5 Å². The van der Waals surface area contributed by atoms with Crippen LogP contribution in [0.5, 0.6) is 0 Å². The zero-order valence-corrected chi connectivity index (χ0v) is 11.2. The summed E-state index contributed by atoms with van der Waals surface area (Å²) >= 11 is 0. The van der Waals surface area contributed by atoms with Gasteiger partial charge in [0.25, 0.3) is 0 Å². The highest BCUT2D eigenvalue weighted by Crippen LogP contribution is 2.35. The Bertz CT molecular complexity index is 502. The predicted molar refractivity (Wildman–Crippen MR) is 65.8 cm³/mol. The number of nitrogens with two attached hydrogens (primary N) is 1.